The molecule has 9 nitrogen and oxygen atoms in total. The number of anilines is 3. The van der Waals surface area contributed by atoms with Crippen molar-refractivity contribution in [1.29, 1.82) is 0 Å². The van der Waals surface area contributed by atoms with Crippen LogP contribution in [-0.4, -0.2) is 74.0 Å². The van der Waals surface area contributed by atoms with Gasteiger partial charge in [-0.2, -0.15) is 0 Å². The van der Waals surface area contributed by atoms with E-state index in [0.717, 1.165) is 30.7 Å². The number of amides is 4. The second-order valence-corrected chi connectivity index (χ2v) is 10.6. The number of carbonyl (C=O) groups excluding carboxylic acids is 3. The van der Waals surface area contributed by atoms with Gasteiger partial charge in [0.25, 0.3) is 11.8 Å². The number of urea groups is 1. The van der Waals surface area contributed by atoms with Gasteiger partial charge in [0.05, 0.1) is 23.3 Å². The Hall–Kier alpha value is -4.24. The zero-order valence-corrected chi connectivity index (χ0v) is 23.8. The molecule has 2 aliphatic heterocycles. The Morgan fingerprint density at radius 2 is 1.44 bits per heavy atom. The molecule has 41 heavy (non-hydrogen) atoms. The Kier molecular flexibility index (Phi) is 8.94. The number of carbonyl (C=O) groups is 3. The molecule has 10 heteroatoms. The number of likely N-dealkylation sites (tertiary alicyclic amines) is 1. The second-order valence-electron chi connectivity index (χ2n) is 10.2. The number of methoxy groups -OCH3 is 1. The van der Waals surface area contributed by atoms with Crippen molar-refractivity contribution in [2.75, 3.05) is 61.9 Å². The molecule has 0 spiro atoms. The van der Waals surface area contributed by atoms with Gasteiger partial charge < -0.3 is 30.1 Å². The lowest BCUT2D eigenvalue weighted by atomic mass is 10.1. The topological polar surface area (TPSA) is 94.2 Å². The summed E-state index contributed by atoms with van der Waals surface area (Å²) in [5.41, 5.74) is 2.93. The van der Waals surface area contributed by atoms with Gasteiger partial charge >= 0.3 is 6.03 Å². The fourth-order valence-electron chi connectivity index (χ4n) is 5.23. The van der Waals surface area contributed by atoms with Crippen LogP contribution >= 0.6 is 11.6 Å². The van der Waals surface area contributed by atoms with Crippen molar-refractivity contribution in [2.45, 2.75) is 19.3 Å². The predicted octanol–water partition coefficient (Wildman–Crippen LogP) is 5.58. The zero-order valence-electron chi connectivity index (χ0n) is 23.1. The van der Waals surface area contributed by atoms with E-state index in [4.69, 9.17) is 16.3 Å². The van der Waals surface area contributed by atoms with E-state index in [1.54, 1.807) is 54.5 Å². The van der Waals surface area contributed by atoms with E-state index in [1.807, 2.05) is 29.2 Å². The fourth-order valence-corrected chi connectivity index (χ4v) is 5.46. The van der Waals surface area contributed by atoms with Crippen molar-refractivity contribution < 1.29 is 19.1 Å². The van der Waals surface area contributed by atoms with Crippen molar-refractivity contribution in [3.8, 4) is 5.75 Å². The lowest BCUT2D eigenvalue weighted by molar-refractivity contribution is 0.0793. The first-order valence-corrected chi connectivity index (χ1v) is 14.2. The van der Waals surface area contributed by atoms with Crippen LogP contribution in [0.15, 0.2) is 66.7 Å². The summed E-state index contributed by atoms with van der Waals surface area (Å²) < 4.78 is 5.19. The standard InChI is InChI=1S/C31H34ClN5O4/c1-41-24-12-9-22(10-13-24)34-31(40)37-18-6-17-35(19-20-37)28-14-11-23(21-26(28)30(39)36-15-4-5-16-36)33-29(38)25-7-2-3-8-27(25)32/h2-3,7-14,21H,4-6,15-20H2,1H3,(H,33,38)(H,34,40). The summed E-state index contributed by atoms with van der Waals surface area (Å²) in [6, 6.07) is 19.4. The van der Waals surface area contributed by atoms with Gasteiger partial charge in [-0.3, -0.25) is 9.59 Å². The lowest BCUT2D eigenvalue weighted by Crippen LogP contribution is -2.38. The molecule has 0 radical (unpaired) electrons. The van der Waals surface area contributed by atoms with E-state index in [9.17, 15) is 14.4 Å². The quantitative estimate of drug-likeness (QED) is 0.400. The number of hydrogen-bond donors (Lipinski definition) is 2. The molecule has 0 bridgehead atoms. The molecule has 2 fully saturated rings. The Labute approximate surface area is 245 Å². The maximum absolute atomic E-state index is 13.7. The highest BCUT2D eigenvalue weighted by Crippen LogP contribution is 2.29. The highest BCUT2D eigenvalue weighted by Gasteiger charge is 2.27. The normalized spacial score (nSPS) is 15.3. The van der Waals surface area contributed by atoms with Gasteiger partial charge in [0.1, 0.15) is 5.75 Å². The molecule has 3 aromatic rings. The molecule has 214 valence electrons. The number of rotatable bonds is 6. The van der Waals surface area contributed by atoms with Crippen molar-refractivity contribution in [3.05, 3.63) is 82.9 Å². The molecule has 3 aromatic carbocycles. The summed E-state index contributed by atoms with van der Waals surface area (Å²) in [6.45, 7) is 3.80. The van der Waals surface area contributed by atoms with E-state index in [1.165, 1.54) is 0 Å². The maximum atomic E-state index is 13.7. The molecule has 2 heterocycles. The number of nitrogens with zero attached hydrogens (tertiary/aromatic N) is 3. The third kappa shape index (κ3) is 6.74. The molecular formula is C31H34ClN5O4. The minimum absolute atomic E-state index is 0.0512. The first-order chi connectivity index (χ1) is 19.9. The molecule has 2 N–H and O–H groups in total. The van der Waals surface area contributed by atoms with Crippen LogP contribution in [-0.2, 0) is 0 Å². The Bertz CT molecular complexity index is 1410. The second kappa shape index (κ2) is 13.0. The minimum Gasteiger partial charge on any atom is -0.497 e. The zero-order chi connectivity index (χ0) is 28.8. The van der Waals surface area contributed by atoms with Crippen molar-refractivity contribution in [2.24, 2.45) is 0 Å². The molecule has 0 atom stereocenters. The summed E-state index contributed by atoms with van der Waals surface area (Å²) in [7, 11) is 1.60. The van der Waals surface area contributed by atoms with Crippen molar-refractivity contribution in [1.82, 2.24) is 9.80 Å². The Balaban J connectivity index is 1.32. The summed E-state index contributed by atoms with van der Waals surface area (Å²) in [4.78, 5) is 45.4. The molecule has 5 rings (SSSR count). The third-order valence-electron chi connectivity index (χ3n) is 7.46. The summed E-state index contributed by atoms with van der Waals surface area (Å²) in [5, 5.41) is 6.22. The predicted molar refractivity (Wildman–Crippen MR) is 161 cm³/mol. The largest absolute Gasteiger partial charge is 0.497 e. The van der Waals surface area contributed by atoms with Gasteiger partial charge in [0, 0.05) is 56.3 Å². The molecule has 0 saturated carbocycles. The SMILES string of the molecule is COc1ccc(NC(=O)N2CCCN(c3ccc(NC(=O)c4ccccc4Cl)cc3C(=O)N3CCCC3)CC2)cc1. The van der Waals surface area contributed by atoms with E-state index in [2.05, 4.69) is 15.5 Å². The van der Waals surface area contributed by atoms with Gasteiger partial charge in [0.15, 0.2) is 0 Å². The summed E-state index contributed by atoms with van der Waals surface area (Å²) >= 11 is 6.22. The van der Waals surface area contributed by atoms with Crippen LogP contribution in [0.3, 0.4) is 0 Å². The van der Waals surface area contributed by atoms with E-state index in [-0.39, 0.29) is 17.8 Å². The van der Waals surface area contributed by atoms with E-state index in [0.29, 0.717) is 66.8 Å². The van der Waals surface area contributed by atoms with Crippen molar-refractivity contribution >= 4 is 46.5 Å². The lowest BCUT2D eigenvalue weighted by Gasteiger charge is -2.27. The van der Waals surface area contributed by atoms with Crippen LogP contribution in [0.25, 0.3) is 0 Å². The molecule has 2 saturated heterocycles. The van der Waals surface area contributed by atoms with Gasteiger partial charge in [-0.25, -0.2) is 4.79 Å². The fraction of sp³-hybridized carbons (Fsp3) is 0.323. The Morgan fingerprint density at radius 1 is 0.732 bits per heavy atom. The molecular weight excluding hydrogens is 542 g/mol. The molecule has 4 amide bonds. The number of ether oxygens (including phenoxy) is 1. The first kappa shape index (κ1) is 28.3. The average molecular weight is 576 g/mol. The highest BCUT2D eigenvalue weighted by atomic mass is 35.5. The average Bonchev–Trinajstić information content (AvgIpc) is 3.42. The third-order valence-corrected chi connectivity index (χ3v) is 7.79. The van der Waals surface area contributed by atoms with Crippen LogP contribution < -0.4 is 20.3 Å². The van der Waals surface area contributed by atoms with Crippen LogP contribution in [0.2, 0.25) is 5.02 Å². The van der Waals surface area contributed by atoms with Crippen LogP contribution in [0.5, 0.6) is 5.75 Å². The molecule has 2 aliphatic rings. The van der Waals surface area contributed by atoms with Crippen LogP contribution in [0.1, 0.15) is 40.0 Å². The summed E-state index contributed by atoms with van der Waals surface area (Å²) in [6.07, 6.45) is 2.70. The van der Waals surface area contributed by atoms with Gasteiger partial charge in [-0.05, 0) is 73.9 Å². The molecule has 0 aliphatic carbocycles. The van der Waals surface area contributed by atoms with Crippen molar-refractivity contribution in [3.63, 3.8) is 0 Å². The van der Waals surface area contributed by atoms with Gasteiger partial charge in [0.2, 0.25) is 0 Å². The smallest absolute Gasteiger partial charge is 0.321 e. The summed E-state index contributed by atoms with van der Waals surface area (Å²) in [5.74, 6) is 0.336. The maximum Gasteiger partial charge on any atom is 0.321 e. The van der Waals surface area contributed by atoms with Crippen LogP contribution in [0.4, 0.5) is 21.9 Å². The number of halogens is 1. The van der Waals surface area contributed by atoms with E-state index >= 15 is 0 Å². The number of nitrogens with one attached hydrogen (secondary N) is 2. The van der Waals surface area contributed by atoms with Gasteiger partial charge in [-0.1, -0.05) is 23.7 Å². The highest BCUT2D eigenvalue weighted by molar-refractivity contribution is 6.34. The molecule has 0 aromatic heterocycles. The molecule has 0 unspecified atom stereocenters. The van der Waals surface area contributed by atoms with E-state index < -0.39 is 0 Å². The van der Waals surface area contributed by atoms with Crippen LogP contribution in [0, 0.1) is 0 Å². The monoisotopic (exact) mass is 575 g/mol. The first-order valence-electron chi connectivity index (χ1n) is 13.9. The number of benzene rings is 3. The minimum atomic E-state index is -0.337. The van der Waals surface area contributed by atoms with Gasteiger partial charge in [-0.15, -0.1) is 0 Å². The Morgan fingerprint density at radius 3 is 2.17 bits per heavy atom. The number of hydrogen-bond acceptors (Lipinski definition) is 5.